The van der Waals surface area contributed by atoms with E-state index in [1.165, 1.54) is 0 Å². The van der Waals surface area contributed by atoms with Gasteiger partial charge in [-0.2, -0.15) is 5.10 Å². The molecule has 150 valence electrons. The molecule has 3 aliphatic rings. The number of nitrogens with one attached hydrogen (secondary N) is 1. The summed E-state index contributed by atoms with van der Waals surface area (Å²) >= 11 is 0. The number of aryl methyl sites for hydroxylation is 1. The van der Waals surface area contributed by atoms with Crippen molar-refractivity contribution in [1.29, 1.82) is 0 Å². The first-order valence-electron chi connectivity index (χ1n) is 9.57. The second-order valence-corrected chi connectivity index (χ2v) is 7.98. The van der Waals surface area contributed by atoms with E-state index < -0.39 is 18.2 Å². The Morgan fingerprint density at radius 1 is 1.30 bits per heavy atom. The molecule has 0 aromatic carbocycles. The maximum absolute atomic E-state index is 13.3. The van der Waals surface area contributed by atoms with Crippen LogP contribution >= 0.6 is 0 Å². The molecule has 0 atom stereocenters. The minimum Gasteiger partial charge on any atom is -0.448 e. The Labute approximate surface area is 156 Å². The molecule has 0 spiro atoms. The number of nitrogens with zero attached hydrogens (tertiary/aromatic N) is 3. The molecule has 1 aromatic heterocycles. The van der Waals surface area contributed by atoms with Gasteiger partial charge in [-0.05, 0) is 18.8 Å². The highest BCUT2D eigenvalue weighted by atomic mass is 19.3. The van der Waals surface area contributed by atoms with Crippen LogP contribution in [0.4, 0.5) is 23.8 Å². The lowest BCUT2D eigenvalue weighted by Gasteiger charge is -2.36. The summed E-state index contributed by atoms with van der Waals surface area (Å²) in [6, 6.07) is 0. The van der Waals surface area contributed by atoms with Gasteiger partial charge in [0.05, 0.1) is 5.69 Å². The van der Waals surface area contributed by atoms with Crippen LogP contribution in [0, 0.1) is 0 Å². The molecule has 6 nitrogen and oxygen atoms in total. The Kier molecular flexibility index (Phi) is 4.82. The lowest BCUT2D eigenvalue weighted by atomic mass is 9.73. The molecule has 0 radical (unpaired) electrons. The highest BCUT2D eigenvalue weighted by molar-refractivity contribution is 5.85. The number of rotatable bonds is 6. The topological polar surface area (TPSA) is 59.4 Å². The van der Waals surface area contributed by atoms with Gasteiger partial charge in [0.25, 0.3) is 0 Å². The Balaban J connectivity index is 1.40. The largest absolute Gasteiger partial charge is 0.448 e. The van der Waals surface area contributed by atoms with E-state index in [9.17, 15) is 18.0 Å². The van der Waals surface area contributed by atoms with E-state index in [1.54, 1.807) is 11.7 Å². The first-order valence-corrected chi connectivity index (χ1v) is 9.57. The quantitative estimate of drug-likeness (QED) is 0.814. The molecule has 0 unspecified atom stereocenters. The molecule has 1 saturated heterocycles. The predicted molar refractivity (Wildman–Crippen MR) is 93.0 cm³/mol. The molecule has 4 rings (SSSR count). The van der Waals surface area contributed by atoms with Crippen molar-refractivity contribution in [3.05, 3.63) is 11.3 Å². The summed E-state index contributed by atoms with van der Waals surface area (Å²) in [6.07, 6.45) is 1.31. The Morgan fingerprint density at radius 2 is 2.00 bits per heavy atom. The Morgan fingerprint density at radius 3 is 2.56 bits per heavy atom. The number of carbonyl (C=O) groups excluding carboxylic acids is 1. The summed E-state index contributed by atoms with van der Waals surface area (Å²) in [5.41, 5.74) is 1.59. The Bertz CT molecular complexity index is 706. The van der Waals surface area contributed by atoms with Crippen LogP contribution in [0.2, 0.25) is 0 Å². The molecule has 9 heteroatoms. The molecule has 1 amide bonds. The number of carbonyl (C=O) groups is 1. The molecule has 0 bridgehead atoms. The zero-order chi connectivity index (χ0) is 19.2. The smallest absolute Gasteiger partial charge is 0.412 e. The predicted octanol–water partition coefficient (Wildman–Crippen LogP) is 3.40. The highest BCUT2D eigenvalue weighted by Gasteiger charge is 2.49. The van der Waals surface area contributed by atoms with Crippen LogP contribution in [0.25, 0.3) is 0 Å². The number of halogens is 3. The molecule has 1 aromatic rings. The van der Waals surface area contributed by atoms with Crippen molar-refractivity contribution in [2.45, 2.75) is 56.0 Å². The number of hydrogen-bond donors (Lipinski definition) is 1. The van der Waals surface area contributed by atoms with Gasteiger partial charge < -0.3 is 4.74 Å². The van der Waals surface area contributed by atoms with Crippen LogP contribution in [-0.2, 0) is 11.8 Å². The van der Waals surface area contributed by atoms with E-state index in [4.69, 9.17) is 4.74 Å². The fraction of sp³-hybridized carbons (Fsp3) is 0.778. The maximum Gasteiger partial charge on any atom is 0.412 e. The molecule has 1 aliphatic heterocycles. The number of ether oxygens (including phenoxy) is 1. The molecule has 2 aliphatic carbocycles. The minimum atomic E-state index is -2.61. The second kappa shape index (κ2) is 7.00. The van der Waals surface area contributed by atoms with E-state index in [2.05, 4.69) is 10.4 Å². The number of anilines is 1. The zero-order valence-electron chi connectivity index (χ0n) is 15.4. The van der Waals surface area contributed by atoms with Crippen molar-refractivity contribution in [2.75, 3.05) is 31.6 Å². The maximum atomic E-state index is 13.3. The summed E-state index contributed by atoms with van der Waals surface area (Å²) < 4.78 is 46.2. The summed E-state index contributed by atoms with van der Waals surface area (Å²) in [7, 11) is 1.71. The number of likely N-dealkylation sites (tertiary alicyclic amines) is 1. The molecular formula is C18H25F3N4O2. The van der Waals surface area contributed by atoms with Crippen molar-refractivity contribution < 1.29 is 22.7 Å². The monoisotopic (exact) mass is 386 g/mol. The number of aromatic nitrogens is 2. The lowest BCUT2D eigenvalue weighted by molar-refractivity contribution is -0.0879. The number of hydrogen-bond acceptors (Lipinski definition) is 4. The van der Waals surface area contributed by atoms with E-state index in [0.717, 1.165) is 24.8 Å². The van der Waals surface area contributed by atoms with Crippen molar-refractivity contribution >= 4 is 11.9 Å². The SMILES string of the molecule is Cn1nc(C2CC(F)(F)C2)c(C2CCC2)c1NC(=O)OCCN1CC(F)C1. The summed E-state index contributed by atoms with van der Waals surface area (Å²) in [5, 5.41) is 7.21. The van der Waals surface area contributed by atoms with Crippen LogP contribution in [0.5, 0.6) is 0 Å². The van der Waals surface area contributed by atoms with Crippen LogP contribution in [0.15, 0.2) is 0 Å². The first kappa shape index (κ1) is 18.6. The second-order valence-electron chi connectivity index (χ2n) is 7.98. The van der Waals surface area contributed by atoms with Crippen molar-refractivity contribution in [3.8, 4) is 0 Å². The summed E-state index contributed by atoms with van der Waals surface area (Å²) in [5.74, 6) is -2.07. The summed E-state index contributed by atoms with van der Waals surface area (Å²) in [6.45, 7) is 1.44. The van der Waals surface area contributed by atoms with Crippen molar-refractivity contribution in [3.63, 3.8) is 0 Å². The van der Waals surface area contributed by atoms with Gasteiger partial charge in [0.1, 0.15) is 18.6 Å². The van der Waals surface area contributed by atoms with Crippen molar-refractivity contribution in [1.82, 2.24) is 14.7 Å². The van der Waals surface area contributed by atoms with E-state index in [-0.39, 0.29) is 31.3 Å². The third-order valence-electron chi connectivity index (χ3n) is 5.88. The van der Waals surface area contributed by atoms with Gasteiger partial charge in [-0.25, -0.2) is 18.0 Å². The summed E-state index contributed by atoms with van der Waals surface area (Å²) in [4.78, 5) is 14.0. The van der Waals surface area contributed by atoms with Gasteiger partial charge in [0.15, 0.2) is 0 Å². The van der Waals surface area contributed by atoms with Crippen LogP contribution in [0.1, 0.15) is 55.2 Å². The highest BCUT2D eigenvalue weighted by Crippen LogP contribution is 2.52. The number of amides is 1. The molecule has 27 heavy (non-hydrogen) atoms. The van der Waals surface area contributed by atoms with Gasteiger partial charge in [-0.1, -0.05) is 6.42 Å². The average molecular weight is 386 g/mol. The fourth-order valence-corrected chi connectivity index (χ4v) is 4.05. The van der Waals surface area contributed by atoms with Gasteiger partial charge in [-0.3, -0.25) is 14.9 Å². The normalized spacial score (nSPS) is 23.4. The van der Waals surface area contributed by atoms with Gasteiger partial charge in [0.2, 0.25) is 5.92 Å². The van der Waals surface area contributed by atoms with E-state index in [1.807, 2.05) is 4.90 Å². The zero-order valence-corrected chi connectivity index (χ0v) is 15.4. The molecule has 2 heterocycles. The molecule has 3 fully saturated rings. The van der Waals surface area contributed by atoms with Crippen molar-refractivity contribution in [2.24, 2.45) is 7.05 Å². The third kappa shape index (κ3) is 3.79. The van der Waals surface area contributed by atoms with Crippen LogP contribution < -0.4 is 5.32 Å². The van der Waals surface area contributed by atoms with Gasteiger partial charge in [-0.15, -0.1) is 0 Å². The fourth-order valence-electron chi connectivity index (χ4n) is 4.05. The first-order chi connectivity index (χ1) is 12.8. The average Bonchev–Trinajstić information content (AvgIpc) is 2.78. The number of alkyl halides is 3. The Hall–Kier alpha value is -1.77. The lowest BCUT2D eigenvalue weighted by Crippen LogP contribution is -2.49. The molecular weight excluding hydrogens is 361 g/mol. The van der Waals surface area contributed by atoms with Gasteiger partial charge in [0, 0.05) is 51.0 Å². The van der Waals surface area contributed by atoms with Gasteiger partial charge >= 0.3 is 6.09 Å². The standard InChI is InChI=1S/C18H25F3N4O2/c1-24-16(22-17(26)27-6-5-25-9-13(19)10-25)14(11-3-2-4-11)15(23-24)12-7-18(20,21)8-12/h11-13H,2-10H2,1H3,(H,22,26). The van der Waals surface area contributed by atoms with Crippen LogP contribution in [0.3, 0.4) is 0 Å². The molecule has 1 N–H and O–H groups in total. The van der Waals surface area contributed by atoms with Crippen LogP contribution in [-0.4, -0.2) is 59.1 Å². The van der Waals surface area contributed by atoms with E-state index in [0.29, 0.717) is 31.1 Å². The minimum absolute atomic E-state index is 0.177. The van der Waals surface area contributed by atoms with E-state index >= 15 is 0 Å². The molecule has 2 saturated carbocycles. The third-order valence-corrected chi connectivity index (χ3v) is 5.88.